The molecule has 106 valence electrons. The minimum absolute atomic E-state index is 0.280. The van der Waals surface area contributed by atoms with Crippen LogP contribution in [0.25, 0.3) is 22.0 Å². The molecule has 0 aliphatic heterocycles. The van der Waals surface area contributed by atoms with Gasteiger partial charge < -0.3 is 11.5 Å². The molecule has 0 saturated heterocycles. The first kappa shape index (κ1) is 14.1. The Labute approximate surface area is 132 Å². The number of benzene rings is 2. The van der Waals surface area contributed by atoms with Gasteiger partial charge in [0.1, 0.15) is 5.82 Å². The maximum absolute atomic E-state index is 6.35. The minimum atomic E-state index is 0.280. The first-order valence-electron chi connectivity index (χ1n) is 6.45. The highest BCUT2D eigenvalue weighted by atomic mass is 35.5. The van der Waals surface area contributed by atoms with Crippen molar-refractivity contribution in [3.63, 3.8) is 0 Å². The number of nitrogens with two attached hydrogens (primary N) is 2. The zero-order chi connectivity index (χ0) is 15.0. The van der Waals surface area contributed by atoms with Crippen molar-refractivity contribution in [3.8, 4) is 11.1 Å². The summed E-state index contributed by atoms with van der Waals surface area (Å²) in [7, 11) is 0. The predicted molar refractivity (Wildman–Crippen MR) is 89.5 cm³/mol. The van der Waals surface area contributed by atoms with Gasteiger partial charge in [0, 0.05) is 33.6 Å². The first-order chi connectivity index (χ1) is 10.1. The number of anilines is 1. The Morgan fingerprint density at radius 1 is 0.952 bits per heavy atom. The van der Waals surface area contributed by atoms with Crippen LogP contribution in [-0.4, -0.2) is 4.98 Å². The van der Waals surface area contributed by atoms with Crippen molar-refractivity contribution >= 4 is 39.9 Å². The molecule has 2 aromatic carbocycles. The average Bonchev–Trinajstić information content (AvgIpc) is 2.48. The summed E-state index contributed by atoms with van der Waals surface area (Å²) in [6.07, 6.45) is 0. The van der Waals surface area contributed by atoms with Crippen molar-refractivity contribution in [1.29, 1.82) is 0 Å². The molecule has 0 amide bonds. The highest BCUT2D eigenvalue weighted by Gasteiger charge is 2.17. The van der Waals surface area contributed by atoms with Gasteiger partial charge in [0.05, 0.1) is 10.5 Å². The summed E-state index contributed by atoms with van der Waals surface area (Å²) in [6.45, 7) is 0.280. The number of nitrogens with zero attached hydrogens (tertiary/aromatic N) is 1. The Balaban J connectivity index is 2.50. The standard InChI is InChI=1S/C16H13Cl2N3/c17-12-6-2-1-4-9(12)14-10-5-3-7-13(18)15(10)21-16(20)11(14)8-19/h1-7H,8,19H2,(H2,20,21). The summed E-state index contributed by atoms with van der Waals surface area (Å²) < 4.78 is 0. The Bertz CT molecular complexity index is 831. The van der Waals surface area contributed by atoms with Gasteiger partial charge in [-0.3, -0.25) is 0 Å². The Morgan fingerprint density at radius 2 is 1.67 bits per heavy atom. The van der Waals surface area contributed by atoms with Gasteiger partial charge in [-0.2, -0.15) is 0 Å². The van der Waals surface area contributed by atoms with Gasteiger partial charge in [0.25, 0.3) is 0 Å². The molecule has 1 aromatic heterocycles. The molecule has 3 nitrogen and oxygen atoms in total. The first-order valence-corrected chi connectivity index (χ1v) is 7.20. The summed E-state index contributed by atoms with van der Waals surface area (Å²) in [5.74, 6) is 0.382. The van der Waals surface area contributed by atoms with E-state index in [1.807, 2.05) is 36.4 Å². The van der Waals surface area contributed by atoms with Crippen LogP contribution in [0.4, 0.5) is 5.82 Å². The number of hydrogen-bond acceptors (Lipinski definition) is 3. The monoisotopic (exact) mass is 317 g/mol. The lowest BCUT2D eigenvalue weighted by Gasteiger charge is -2.15. The fourth-order valence-electron chi connectivity index (χ4n) is 2.49. The summed E-state index contributed by atoms with van der Waals surface area (Å²) in [5.41, 5.74) is 15.1. The maximum atomic E-state index is 6.35. The van der Waals surface area contributed by atoms with Gasteiger partial charge in [-0.15, -0.1) is 0 Å². The smallest absolute Gasteiger partial charge is 0.129 e. The van der Waals surface area contributed by atoms with Crippen LogP contribution in [0, 0.1) is 0 Å². The van der Waals surface area contributed by atoms with Crippen LogP contribution >= 0.6 is 23.2 Å². The highest BCUT2D eigenvalue weighted by molar-refractivity contribution is 6.36. The number of pyridine rings is 1. The molecule has 21 heavy (non-hydrogen) atoms. The van der Waals surface area contributed by atoms with Gasteiger partial charge in [0.2, 0.25) is 0 Å². The van der Waals surface area contributed by atoms with E-state index in [0.29, 0.717) is 21.4 Å². The predicted octanol–water partition coefficient (Wildman–Crippen LogP) is 4.25. The van der Waals surface area contributed by atoms with Crippen LogP contribution in [0.1, 0.15) is 5.56 Å². The molecule has 3 aromatic rings. The number of para-hydroxylation sites is 1. The van der Waals surface area contributed by atoms with Crippen molar-refractivity contribution in [1.82, 2.24) is 4.98 Å². The molecule has 0 aliphatic carbocycles. The zero-order valence-electron chi connectivity index (χ0n) is 11.1. The van der Waals surface area contributed by atoms with Crippen LogP contribution in [-0.2, 0) is 6.54 Å². The topological polar surface area (TPSA) is 64.9 Å². The lowest BCUT2D eigenvalue weighted by molar-refractivity contribution is 1.07. The summed E-state index contributed by atoms with van der Waals surface area (Å²) >= 11 is 12.6. The molecule has 0 spiro atoms. The van der Waals surface area contributed by atoms with Crippen molar-refractivity contribution in [2.24, 2.45) is 5.73 Å². The number of halogens is 2. The van der Waals surface area contributed by atoms with E-state index in [0.717, 1.165) is 22.1 Å². The number of nitrogen functional groups attached to an aromatic ring is 1. The Kier molecular flexibility index (Phi) is 3.72. The van der Waals surface area contributed by atoms with Crippen molar-refractivity contribution in [3.05, 3.63) is 58.1 Å². The molecule has 1 heterocycles. The molecule has 0 bridgehead atoms. The molecule has 5 heteroatoms. The van der Waals surface area contributed by atoms with Gasteiger partial charge in [0.15, 0.2) is 0 Å². The summed E-state index contributed by atoms with van der Waals surface area (Å²) in [6, 6.07) is 13.2. The minimum Gasteiger partial charge on any atom is -0.383 e. The second kappa shape index (κ2) is 5.53. The SMILES string of the molecule is NCc1c(N)nc2c(Cl)cccc2c1-c1ccccc1Cl. The van der Waals surface area contributed by atoms with E-state index < -0.39 is 0 Å². The normalized spacial score (nSPS) is 11.0. The molecule has 0 radical (unpaired) electrons. The number of aromatic nitrogens is 1. The van der Waals surface area contributed by atoms with Crippen LogP contribution in [0.2, 0.25) is 10.0 Å². The molecular formula is C16H13Cl2N3. The molecule has 3 rings (SSSR count). The van der Waals surface area contributed by atoms with Crippen molar-refractivity contribution in [2.75, 3.05) is 5.73 Å². The maximum Gasteiger partial charge on any atom is 0.129 e. The lowest BCUT2D eigenvalue weighted by Crippen LogP contribution is -2.07. The number of hydrogen-bond donors (Lipinski definition) is 2. The van der Waals surface area contributed by atoms with Crippen LogP contribution < -0.4 is 11.5 Å². The Morgan fingerprint density at radius 3 is 2.38 bits per heavy atom. The van der Waals surface area contributed by atoms with E-state index in [1.165, 1.54) is 0 Å². The van der Waals surface area contributed by atoms with E-state index in [1.54, 1.807) is 6.07 Å². The third-order valence-corrected chi connectivity index (χ3v) is 4.08. The van der Waals surface area contributed by atoms with Crippen molar-refractivity contribution < 1.29 is 0 Å². The van der Waals surface area contributed by atoms with E-state index in [2.05, 4.69) is 4.98 Å². The molecular weight excluding hydrogens is 305 g/mol. The quantitative estimate of drug-likeness (QED) is 0.742. The highest BCUT2D eigenvalue weighted by Crippen LogP contribution is 2.39. The fourth-order valence-corrected chi connectivity index (χ4v) is 2.93. The van der Waals surface area contributed by atoms with Gasteiger partial charge in [-0.05, 0) is 12.1 Å². The molecule has 0 atom stereocenters. The summed E-state index contributed by atoms with van der Waals surface area (Å²) in [5, 5.41) is 2.08. The van der Waals surface area contributed by atoms with Crippen LogP contribution in [0.15, 0.2) is 42.5 Å². The van der Waals surface area contributed by atoms with Gasteiger partial charge in [-0.25, -0.2) is 4.98 Å². The molecule has 0 fully saturated rings. The third kappa shape index (κ3) is 2.33. The average molecular weight is 318 g/mol. The number of rotatable bonds is 2. The zero-order valence-corrected chi connectivity index (χ0v) is 12.6. The van der Waals surface area contributed by atoms with E-state index in [-0.39, 0.29) is 6.54 Å². The molecule has 0 saturated carbocycles. The van der Waals surface area contributed by atoms with E-state index in [4.69, 9.17) is 34.7 Å². The van der Waals surface area contributed by atoms with Crippen LogP contribution in [0.3, 0.4) is 0 Å². The fraction of sp³-hybridized carbons (Fsp3) is 0.0625. The van der Waals surface area contributed by atoms with Gasteiger partial charge >= 0.3 is 0 Å². The number of fused-ring (bicyclic) bond motifs is 1. The molecule has 0 unspecified atom stereocenters. The van der Waals surface area contributed by atoms with Crippen molar-refractivity contribution in [2.45, 2.75) is 6.54 Å². The van der Waals surface area contributed by atoms with E-state index >= 15 is 0 Å². The summed E-state index contributed by atoms with van der Waals surface area (Å²) in [4.78, 5) is 4.38. The molecule has 0 aliphatic rings. The molecule has 4 N–H and O–H groups in total. The van der Waals surface area contributed by atoms with Gasteiger partial charge in [-0.1, -0.05) is 53.5 Å². The second-order valence-electron chi connectivity index (χ2n) is 4.67. The third-order valence-electron chi connectivity index (χ3n) is 3.45. The lowest BCUT2D eigenvalue weighted by atomic mass is 9.95. The largest absolute Gasteiger partial charge is 0.383 e. The second-order valence-corrected chi connectivity index (χ2v) is 5.48. The van der Waals surface area contributed by atoms with Crippen LogP contribution in [0.5, 0.6) is 0 Å². The Hall–Kier alpha value is -1.81. The van der Waals surface area contributed by atoms with E-state index in [9.17, 15) is 0 Å².